The molecule has 0 unspecified atom stereocenters. The fraction of sp³-hybridized carbons (Fsp3) is 0.358. The van der Waals surface area contributed by atoms with Gasteiger partial charge in [-0.15, -0.1) is 0 Å². The van der Waals surface area contributed by atoms with E-state index in [9.17, 15) is 80.3 Å². The zero-order valence-electron chi connectivity index (χ0n) is 78.7. The predicted molar refractivity (Wildman–Crippen MR) is 536 cm³/mol. The number of carbonyl (C=O) groups is 8. The molecule has 8 aromatic carbocycles. The number of Topliss-reactive ketones (excluding diaryl/α,β-unsaturated/α-hetero) is 2. The van der Waals surface area contributed by atoms with E-state index in [4.69, 9.17) is 92.8 Å². The predicted octanol–water partition coefficient (Wildman–Crippen LogP) is 27.1. The number of rotatable bonds is 14. The molecule has 4 saturated heterocycles. The van der Waals surface area contributed by atoms with Gasteiger partial charge < -0.3 is 33.8 Å². The highest BCUT2D eigenvalue weighted by atomic mass is 35.5. The average Bonchev–Trinajstić information content (AvgIpc) is 1.50. The smallest absolute Gasteiger partial charge is 0.416 e. The monoisotopic (exact) mass is 2050 g/mol. The molecular formula is C106H102Cl8F6N10O9. The number of nitrogens with zero attached hydrogens (tertiary/aromatic N) is 10. The van der Waals surface area contributed by atoms with Gasteiger partial charge in [0.25, 0.3) is 35.4 Å². The van der Waals surface area contributed by atoms with Gasteiger partial charge in [-0.05, 0) is 273 Å². The number of aryl methyl sites for hydroxylation is 8. The number of allylic oxidation sites excluding steroid dienone is 1. The normalized spacial score (nSPS) is 16.6. The first-order valence-electron chi connectivity index (χ1n) is 45.4. The van der Waals surface area contributed by atoms with Crippen molar-refractivity contribution in [3.63, 3.8) is 0 Å². The Balaban J connectivity index is 0.000000157. The molecule has 0 spiro atoms. The Morgan fingerprint density at radius 3 is 1.04 bits per heavy atom. The van der Waals surface area contributed by atoms with E-state index in [1.807, 2.05) is 88.0 Å². The third kappa shape index (κ3) is 22.2. The van der Waals surface area contributed by atoms with Crippen LogP contribution in [0.4, 0.5) is 26.3 Å². The zero-order chi connectivity index (χ0) is 102. The molecule has 4 aliphatic heterocycles. The number of fused-ring (bicyclic) bond motifs is 4. The number of carbonyl (C=O) groups excluding carboxylic acids is 8. The van der Waals surface area contributed by atoms with Crippen molar-refractivity contribution in [2.24, 2.45) is 35.5 Å². The van der Waals surface area contributed by atoms with E-state index in [1.54, 1.807) is 61.8 Å². The molecule has 4 aromatic heterocycles. The van der Waals surface area contributed by atoms with E-state index in [0.29, 0.717) is 154 Å². The molecule has 0 bridgehead atoms. The number of piperidine rings is 4. The van der Waals surface area contributed by atoms with Crippen LogP contribution in [0.15, 0.2) is 134 Å². The van der Waals surface area contributed by atoms with E-state index in [0.717, 1.165) is 113 Å². The van der Waals surface area contributed by atoms with E-state index in [1.165, 1.54) is 59.6 Å². The van der Waals surface area contributed by atoms with Gasteiger partial charge in [-0.25, -0.2) is 0 Å². The number of aromatic nitrogens is 4. The number of aliphatic hydroxyl groups is 1. The standard InChI is InChI=1S/2C27H25Cl2F3N2O3.C27H27Cl2N3O2.C25H25Cl2N3O/c2*1-13-9-17(27(30,31)32)10-20-15(3)12-34(24(13)20)26(37)22-21(28)6-5-19(23(22)29)25(36)33-8-7-18(16(4)35)14(2)11-33;1-16-10-20(13-30)12-22-17(2)14-32(26(16)22)15-23-24(28)5-4-21(25(23)29)27(34)31-8-6-19(7-9-31)11-18(3)33;1-15-6-8-29(9-7-15)25(31)19-4-5-22(26)21(23(19)27)14-30-13-17(3)20-11-18(12-28)10-16(2)24(20)30/h2*5-6,9-10,12,14,18H,7-8,11H2,1-4H3;4-5,10,12,14,19,33H,3,6-9,11,15H2,1-2H3;4-5,10-11,13,15H,6-9,14H2,1-3H3/t2*14-,18+;;/m10../s1. The minimum atomic E-state index is -4.53. The van der Waals surface area contributed by atoms with Gasteiger partial charge in [-0.2, -0.15) is 36.9 Å². The van der Waals surface area contributed by atoms with E-state index < -0.39 is 35.3 Å². The first-order chi connectivity index (χ1) is 65.4. The minimum Gasteiger partial charge on any atom is -0.513 e. The van der Waals surface area contributed by atoms with Gasteiger partial charge in [0.2, 0.25) is 0 Å². The summed E-state index contributed by atoms with van der Waals surface area (Å²) in [5.74, 6) is -1.15. The summed E-state index contributed by atoms with van der Waals surface area (Å²) >= 11 is 52.6. The number of aliphatic hydroxyl groups excluding tert-OH is 1. The molecule has 139 heavy (non-hydrogen) atoms. The molecule has 16 rings (SSSR count). The maximum Gasteiger partial charge on any atom is 0.416 e. The second-order valence-electron chi connectivity index (χ2n) is 37.1. The second kappa shape index (κ2) is 42.8. The molecule has 4 fully saturated rings. The molecule has 19 nitrogen and oxygen atoms in total. The van der Waals surface area contributed by atoms with Crippen LogP contribution >= 0.6 is 92.8 Å². The topological polar surface area (TPSA) is 237 Å². The lowest BCUT2D eigenvalue weighted by Crippen LogP contribution is -2.44. The van der Waals surface area contributed by atoms with Crippen LogP contribution in [0, 0.1) is 114 Å². The van der Waals surface area contributed by atoms with Gasteiger partial charge in [0.15, 0.2) is 0 Å². The molecule has 0 radical (unpaired) electrons. The SMILES string of the molecule is C=C(O)CC1CCN(C(=O)c2ccc(Cl)c(Cn3cc(C)c4cc(C#N)cc(C)c43)c2Cl)CC1.CC(=O)[C@@H]1CCN(C(=O)c2ccc(Cl)c(C(=O)n3cc(C)c4cc(C(F)(F)F)cc(C)c43)c2Cl)C[C@@H]1C.CC(=O)[C@H]1CCN(C(=O)c2ccc(Cl)c(C(=O)n3cc(C)c4cc(C(F)(F)F)cc(C)c43)c2Cl)C[C@H]1C.Cc1cn(Cc2c(Cl)ccc(C(=O)N3CCC(C)CC3)c2Cl)c2c(C)cc(C#N)cc12. The summed E-state index contributed by atoms with van der Waals surface area (Å²) in [6.45, 7) is 32.1. The van der Waals surface area contributed by atoms with Crippen LogP contribution in [0.25, 0.3) is 43.6 Å². The Hall–Kier alpha value is -11.1. The summed E-state index contributed by atoms with van der Waals surface area (Å²) in [4.78, 5) is 111. The van der Waals surface area contributed by atoms with Gasteiger partial charge in [-0.1, -0.05) is 120 Å². The Morgan fingerprint density at radius 2 is 0.705 bits per heavy atom. The van der Waals surface area contributed by atoms with Gasteiger partial charge in [-0.3, -0.25) is 47.5 Å². The largest absolute Gasteiger partial charge is 0.513 e. The highest BCUT2D eigenvalue weighted by molar-refractivity contribution is 6.43. The molecular weight excluding hydrogens is 1950 g/mol. The molecule has 4 atom stereocenters. The van der Waals surface area contributed by atoms with Crippen molar-refractivity contribution in [1.82, 2.24) is 37.9 Å². The van der Waals surface area contributed by atoms with Crippen LogP contribution in [-0.2, 0) is 35.0 Å². The van der Waals surface area contributed by atoms with Crippen molar-refractivity contribution in [1.29, 1.82) is 10.5 Å². The Bertz CT molecular complexity index is 6880. The lowest BCUT2D eigenvalue weighted by Gasteiger charge is -2.36. The number of likely N-dealkylation sites (tertiary alicyclic amines) is 4. The molecule has 33 heteroatoms. The summed E-state index contributed by atoms with van der Waals surface area (Å²) in [6.07, 6.45) is 3.21. The van der Waals surface area contributed by atoms with E-state index >= 15 is 0 Å². The molecule has 8 heterocycles. The first-order valence-corrected chi connectivity index (χ1v) is 48.4. The average molecular weight is 2060 g/mol. The van der Waals surface area contributed by atoms with Crippen molar-refractivity contribution < 1.29 is 69.8 Å². The van der Waals surface area contributed by atoms with Gasteiger partial charge >= 0.3 is 12.4 Å². The van der Waals surface area contributed by atoms with Crippen LogP contribution in [-0.4, -0.2) is 142 Å². The third-order valence-electron chi connectivity index (χ3n) is 27.1. The molecule has 1 N–H and O–H groups in total. The quantitative estimate of drug-likeness (QED) is 0.0793. The highest BCUT2D eigenvalue weighted by Gasteiger charge is 2.40. The van der Waals surface area contributed by atoms with Crippen LogP contribution in [0.2, 0.25) is 40.2 Å². The maximum atomic E-state index is 13.7. The maximum absolute atomic E-state index is 13.7. The van der Waals surface area contributed by atoms with Crippen molar-refractivity contribution >= 4 is 183 Å². The van der Waals surface area contributed by atoms with Crippen molar-refractivity contribution in [3.05, 3.63) is 286 Å². The van der Waals surface area contributed by atoms with Crippen LogP contribution in [0.3, 0.4) is 0 Å². The lowest BCUT2D eigenvalue weighted by molar-refractivity contribution is -0.138. The summed E-state index contributed by atoms with van der Waals surface area (Å²) in [7, 11) is 0. The number of benzene rings is 8. The summed E-state index contributed by atoms with van der Waals surface area (Å²) < 4.78 is 86.8. The molecule has 0 aliphatic carbocycles. The summed E-state index contributed by atoms with van der Waals surface area (Å²) in [5.41, 5.74) is 10.3. The van der Waals surface area contributed by atoms with Crippen LogP contribution in [0.5, 0.6) is 0 Å². The third-order valence-corrected chi connectivity index (χ3v) is 30.1. The number of hydrogen-bond acceptors (Lipinski definition) is 11. The second-order valence-corrected chi connectivity index (χ2v) is 40.3. The number of hydrogen-bond donors (Lipinski definition) is 1. The molecule has 0 saturated carbocycles. The Labute approximate surface area is 841 Å². The molecule has 4 amide bonds. The van der Waals surface area contributed by atoms with Gasteiger partial charge in [0.05, 0.1) is 139 Å². The van der Waals surface area contributed by atoms with Crippen LogP contribution < -0.4 is 0 Å². The lowest BCUT2D eigenvalue weighted by atomic mass is 9.84. The van der Waals surface area contributed by atoms with Crippen molar-refractivity contribution in [2.45, 2.75) is 160 Å². The van der Waals surface area contributed by atoms with Crippen molar-refractivity contribution in [2.75, 3.05) is 52.4 Å². The molecule has 728 valence electrons. The summed E-state index contributed by atoms with van der Waals surface area (Å²) in [5, 5.41) is 32.3. The molecule has 12 aromatic rings. The number of nitriles is 2. The zero-order valence-corrected chi connectivity index (χ0v) is 84.8. The fourth-order valence-corrected chi connectivity index (χ4v) is 22.2. The summed E-state index contributed by atoms with van der Waals surface area (Å²) in [6, 6.07) is 28.7. The fourth-order valence-electron chi connectivity index (χ4n) is 19.8. The van der Waals surface area contributed by atoms with Crippen molar-refractivity contribution in [3.8, 4) is 12.1 Å². The van der Waals surface area contributed by atoms with Gasteiger partial charge in [0, 0.05) is 138 Å². The number of halogens is 14. The highest BCUT2D eigenvalue weighted by Crippen LogP contribution is 2.44. The van der Waals surface area contributed by atoms with Crippen LogP contribution in [0.1, 0.15) is 220 Å². The first kappa shape index (κ1) is 105. The number of alkyl halides is 6. The van der Waals surface area contributed by atoms with E-state index in [2.05, 4.69) is 34.8 Å². The Kier molecular flexibility index (Phi) is 32.4. The molecule has 4 aliphatic rings. The van der Waals surface area contributed by atoms with E-state index in [-0.39, 0.29) is 129 Å². The Morgan fingerprint density at radius 1 is 0.396 bits per heavy atom. The van der Waals surface area contributed by atoms with Gasteiger partial charge in [0.1, 0.15) is 11.6 Å². The minimum absolute atomic E-state index is 0.0132. The number of amides is 4. The number of ketones is 2.